The number of carbonyl (C=O) groups excluding carboxylic acids is 1. The lowest BCUT2D eigenvalue weighted by atomic mass is 10.2. The third-order valence-corrected chi connectivity index (χ3v) is 5.57. The summed E-state index contributed by atoms with van der Waals surface area (Å²) < 4.78 is 0. The van der Waals surface area contributed by atoms with E-state index in [9.17, 15) is 4.79 Å². The largest absolute Gasteiger partial charge is 0.368 e. The number of aromatic nitrogens is 3. The highest BCUT2D eigenvalue weighted by Crippen LogP contribution is 2.29. The first kappa shape index (κ1) is 17.6. The molecule has 1 fully saturated rings. The molecule has 4 heterocycles. The lowest BCUT2D eigenvalue weighted by Crippen LogP contribution is -2.47. The van der Waals surface area contributed by atoms with Gasteiger partial charge in [0.05, 0.1) is 0 Å². The molecule has 5 rings (SSSR count). The molecule has 1 saturated heterocycles. The van der Waals surface area contributed by atoms with E-state index in [1.165, 1.54) is 5.56 Å². The van der Waals surface area contributed by atoms with E-state index in [-0.39, 0.29) is 5.91 Å². The number of pyridine rings is 1. The Morgan fingerprint density at radius 2 is 1.55 bits per heavy atom. The van der Waals surface area contributed by atoms with Crippen LogP contribution in [0.3, 0.4) is 0 Å². The molecule has 0 bridgehead atoms. The Morgan fingerprint density at radius 1 is 0.793 bits per heavy atom. The van der Waals surface area contributed by atoms with Gasteiger partial charge in [-0.25, -0.2) is 9.97 Å². The average molecular weight is 386 g/mol. The van der Waals surface area contributed by atoms with Crippen LogP contribution in [0.2, 0.25) is 0 Å². The second-order valence-electron chi connectivity index (χ2n) is 7.26. The summed E-state index contributed by atoms with van der Waals surface area (Å²) in [7, 11) is 0. The van der Waals surface area contributed by atoms with Crippen LogP contribution >= 0.6 is 0 Å². The molecule has 3 aromatic rings. The second kappa shape index (κ2) is 7.50. The van der Waals surface area contributed by atoms with Crippen LogP contribution in [0.4, 0.5) is 17.3 Å². The van der Waals surface area contributed by atoms with E-state index in [0.717, 1.165) is 49.9 Å². The summed E-state index contributed by atoms with van der Waals surface area (Å²) >= 11 is 0. The fourth-order valence-electron chi connectivity index (χ4n) is 4.04. The minimum absolute atomic E-state index is 0.0341. The molecule has 1 aromatic carbocycles. The van der Waals surface area contributed by atoms with E-state index in [0.29, 0.717) is 12.2 Å². The quantitative estimate of drug-likeness (QED) is 0.689. The molecular formula is C22H22N6O. The van der Waals surface area contributed by atoms with Crippen LogP contribution in [-0.2, 0) is 6.42 Å². The van der Waals surface area contributed by atoms with E-state index >= 15 is 0 Å². The van der Waals surface area contributed by atoms with Gasteiger partial charge in [0.2, 0.25) is 5.95 Å². The Balaban J connectivity index is 1.30. The van der Waals surface area contributed by atoms with Gasteiger partial charge in [-0.3, -0.25) is 9.78 Å². The molecule has 0 spiro atoms. The summed E-state index contributed by atoms with van der Waals surface area (Å²) in [6.45, 7) is 4.09. The van der Waals surface area contributed by atoms with Crippen molar-refractivity contribution in [3.63, 3.8) is 0 Å². The molecule has 2 aliphatic heterocycles. The molecule has 0 N–H and O–H groups in total. The molecule has 7 nitrogen and oxygen atoms in total. The van der Waals surface area contributed by atoms with Gasteiger partial charge in [0, 0.05) is 62.7 Å². The highest BCUT2D eigenvalue weighted by atomic mass is 16.2. The van der Waals surface area contributed by atoms with E-state index in [4.69, 9.17) is 0 Å². The highest BCUT2D eigenvalue weighted by molar-refractivity contribution is 6.06. The molecule has 0 radical (unpaired) electrons. The molecular weight excluding hydrogens is 364 g/mol. The number of anilines is 3. The summed E-state index contributed by atoms with van der Waals surface area (Å²) in [5.74, 6) is 0.735. The Morgan fingerprint density at radius 3 is 2.38 bits per heavy atom. The molecule has 146 valence electrons. The monoisotopic (exact) mass is 386 g/mol. The molecule has 0 aliphatic carbocycles. The zero-order valence-electron chi connectivity index (χ0n) is 16.1. The standard InChI is InChI=1S/C22H22N6O/c29-21(28-11-7-17-4-1-2-5-20(17)28)19-16-18(6-10-23-19)26-12-14-27(15-13-26)22-24-8-3-9-25-22/h1-6,8-10,16H,7,11-15H2. The number of piperazine rings is 1. The normalized spacial score (nSPS) is 16.1. The van der Waals surface area contributed by atoms with Crippen molar-refractivity contribution in [1.29, 1.82) is 0 Å². The number of nitrogens with zero attached hydrogens (tertiary/aromatic N) is 6. The van der Waals surface area contributed by atoms with Crippen molar-refractivity contribution in [1.82, 2.24) is 15.0 Å². The predicted molar refractivity (Wildman–Crippen MR) is 113 cm³/mol. The Kier molecular flexibility index (Phi) is 4.56. The van der Waals surface area contributed by atoms with Gasteiger partial charge in [0.15, 0.2) is 0 Å². The van der Waals surface area contributed by atoms with Gasteiger partial charge in [-0.15, -0.1) is 0 Å². The van der Waals surface area contributed by atoms with Crippen molar-refractivity contribution >= 4 is 23.2 Å². The van der Waals surface area contributed by atoms with Gasteiger partial charge in [0.1, 0.15) is 5.69 Å². The summed E-state index contributed by atoms with van der Waals surface area (Å²) in [5, 5.41) is 0. The third-order valence-electron chi connectivity index (χ3n) is 5.57. The number of amides is 1. The fourth-order valence-corrected chi connectivity index (χ4v) is 4.04. The zero-order chi connectivity index (χ0) is 19.6. The molecule has 7 heteroatoms. The van der Waals surface area contributed by atoms with Crippen molar-refractivity contribution in [3.8, 4) is 0 Å². The maximum absolute atomic E-state index is 13.1. The van der Waals surface area contributed by atoms with Crippen LogP contribution in [0.15, 0.2) is 61.1 Å². The number of fused-ring (bicyclic) bond motifs is 1. The minimum Gasteiger partial charge on any atom is -0.368 e. The van der Waals surface area contributed by atoms with E-state index in [1.807, 2.05) is 41.3 Å². The predicted octanol–water partition coefficient (Wildman–Crippen LogP) is 2.40. The number of benzene rings is 1. The number of carbonyl (C=O) groups is 1. The summed E-state index contributed by atoms with van der Waals surface area (Å²) in [5.41, 5.74) is 3.75. The first-order valence-electron chi connectivity index (χ1n) is 9.92. The van der Waals surface area contributed by atoms with Gasteiger partial charge in [-0.05, 0) is 36.2 Å². The molecule has 1 amide bonds. The second-order valence-corrected chi connectivity index (χ2v) is 7.26. The van der Waals surface area contributed by atoms with Crippen LogP contribution in [0.5, 0.6) is 0 Å². The van der Waals surface area contributed by atoms with Gasteiger partial charge < -0.3 is 14.7 Å². The SMILES string of the molecule is O=C(c1cc(N2CCN(c3ncccn3)CC2)ccn1)N1CCc2ccccc21. The molecule has 29 heavy (non-hydrogen) atoms. The van der Waals surface area contributed by atoms with Gasteiger partial charge in [-0.1, -0.05) is 18.2 Å². The number of rotatable bonds is 3. The number of hydrogen-bond acceptors (Lipinski definition) is 6. The maximum atomic E-state index is 13.1. The van der Waals surface area contributed by atoms with Gasteiger partial charge in [-0.2, -0.15) is 0 Å². The van der Waals surface area contributed by atoms with Crippen LogP contribution in [0.25, 0.3) is 0 Å². The molecule has 0 unspecified atom stereocenters. The third kappa shape index (κ3) is 3.40. The summed E-state index contributed by atoms with van der Waals surface area (Å²) in [6, 6.07) is 13.8. The lowest BCUT2D eigenvalue weighted by Gasteiger charge is -2.36. The van der Waals surface area contributed by atoms with Gasteiger partial charge in [0.25, 0.3) is 5.91 Å². The van der Waals surface area contributed by atoms with E-state index < -0.39 is 0 Å². The van der Waals surface area contributed by atoms with Crippen molar-refractivity contribution < 1.29 is 4.79 Å². The molecule has 2 aromatic heterocycles. The van der Waals surface area contributed by atoms with Crippen molar-refractivity contribution in [3.05, 3.63) is 72.3 Å². The minimum atomic E-state index is -0.0341. The smallest absolute Gasteiger partial charge is 0.276 e. The van der Waals surface area contributed by atoms with Crippen molar-refractivity contribution in [2.24, 2.45) is 0 Å². The van der Waals surface area contributed by atoms with Crippen LogP contribution in [0, 0.1) is 0 Å². The average Bonchev–Trinajstić information content (AvgIpc) is 3.24. The van der Waals surface area contributed by atoms with Crippen molar-refractivity contribution in [2.75, 3.05) is 47.4 Å². The topological polar surface area (TPSA) is 65.5 Å². The summed E-state index contributed by atoms with van der Waals surface area (Å²) in [4.78, 5) is 32.5. The molecule has 0 atom stereocenters. The van der Waals surface area contributed by atoms with Crippen LogP contribution in [0.1, 0.15) is 16.1 Å². The van der Waals surface area contributed by atoms with Crippen molar-refractivity contribution in [2.45, 2.75) is 6.42 Å². The Labute approximate surface area is 169 Å². The number of hydrogen-bond donors (Lipinski definition) is 0. The lowest BCUT2D eigenvalue weighted by molar-refractivity contribution is 0.0984. The van der Waals surface area contributed by atoms with E-state index in [2.05, 4.69) is 30.8 Å². The highest BCUT2D eigenvalue weighted by Gasteiger charge is 2.27. The first-order chi connectivity index (χ1) is 14.3. The van der Waals surface area contributed by atoms with E-state index in [1.54, 1.807) is 18.6 Å². The molecule has 2 aliphatic rings. The first-order valence-corrected chi connectivity index (χ1v) is 9.92. The zero-order valence-corrected chi connectivity index (χ0v) is 16.1. The maximum Gasteiger partial charge on any atom is 0.276 e. The fraction of sp³-hybridized carbons (Fsp3) is 0.273. The van der Waals surface area contributed by atoms with Crippen LogP contribution in [-0.4, -0.2) is 53.6 Å². The summed E-state index contributed by atoms with van der Waals surface area (Å²) in [6.07, 6.45) is 6.17. The molecule has 0 saturated carbocycles. The number of para-hydroxylation sites is 1. The van der Waals surface area contributed by atoms with Gasteiger partial charge >= 0.3 is 0 Å². The van der Waals surface area contributed by atoms with Crippen LogP contribution < -0.4 is 14.7 Å². The Hall–Kier alpha value is -3.48. The Bertz CT molecular complexity index is 1020.